The molecule has 112 valence electrons. The summed E-state index contributed by atoms with van der Waals surface area (Å²) in [7, 11) is 0. The second kappa shape index (κ2) is 7.36. The van der Waals surface area contributed by atoms with Crippen molar-refractivity contribution in [3.8, 4) is 0 Å². The van der Waals surface area contributed by atoms with Crippen molar-refractivity contribution in [2.75, 3.05) is 13.2 Å². The molecule has 3 heteroatoms. The average Bonchev–Trinajstić information content (AvgIpc) is 2.56. The molecule has 3 nitrogen and oxygen atoms in total. The quantitative estimate of drug-likeness (QED) is 0.731. The lowest BCUT2D eigenvalue weighted by atomic mass is 9.95. The first-order valence-corrected chi connectivity index (χ1v) is 7.25. The molecule has 1 atom stereocenters. The van der Waals surface area contributed by atoms with Gasteiger partial charge in [0.1, 0.15) is 0 Å². The molecule has 0 spiro atoms. The van der Waals surface area contributed by atoms with Crippen LogP contribution < -0.4 is 5.32 Å². The lowest BCUT2D eigenvalue weighted by Crippen LogP contribution is -2.50. The summed E-state index contributed by atoms with van der Waals surface area (Å²) in [4.78, 5) is 0. The zero-order chi connectivity index (χ0) is 15.1. The Hall–Kier alpha value is -1.68. The Morgan fingerprint density at radius 1 is 0.905 bits per heavy atom. The van der Waals surface area contributed by atoms with Crippen molar-refractivity contribution in [2.24, 2.45) is 0 Å². The molecule has 0 unspecified atom stereocenters. The van der Waals surface area contributed by atoms with Crippen LogP contribution in [0.3, 0.4) is 0 Å². The number of hydrogen-bond acceptors (Lipinski definition) is 3. The highest BCUT2D eigenvalue weighted by atomic mass is 16.3. The van der Waals surface area contributed by atoms with Crippen molar-refractivity contribution in [1.29, 1.82) is 0 Å². The Labute approximate surface area is 126 Å². The van der Waals surface area contributed by atoms with Gasteiger partial charge in [-0.2, -0.15) is 0 Å². The van der Waals surface area contributed by atoms with Gasteiger partial charge in [-0.3, -0.25) is 0 Å². The zero-order valence-electron chi connectivity index (χ0n) is 12.4. The molecule has 0 fully saturated rings. The molecule has 0 amide bonds. The van der Waals surface area contributed by atoms with E-state index in [4.69, 9.17) is 0 Å². The first kappa shape index (κ1) is 15.7. The Morgan fingerprint density at radius 3 is 1.95 bits per heavy atom. The van der Waals surface area contributed by atoms with Crippen LogP contribution in [0, 0.1) is 0 Å². The molecule has 0 aliphatic rings. The van der Waals surface area contributed by atoms with E-state index in [9.17, 15) is 10.2 Å². The summed E-state index contributed by atoms with van der Waals surface area (Å²) in [5.74, 6) is 0. The van der Waals surface area contributed by atoms with Gasteiger partial charge in [-0.1, -0.05) is 60.7 Å². The fourth-order valence-corrected chi connectivity index (χ4v) is 2.35. The lowest BCUT2D eigenvalue weighted by Gasteiger charge is -2.32. The number of aliphatic hydroxyl groups excluding tert-OH is 2. The van der Waals surface area contributed by atoms with Crippen LogP contribution in [0.15, 0.2) is 60.7 Å². The highest BCUT2D eigenvalue weighted by molar-refractivity contribution is 5.24. The van der Waals surface area contributed by atoms with Crippen LogP contribution in [0.5, 0.6) is 0 Å². The molecule has 2 aromatic rings. The molecular weight excluding hydrogens is 262 g/mol. The maximum absolute atomic E-state index is 9.52. The van der Waals surface area contributed by atoms with Gasteiger partial charge in [0.05, 0.1) is 18.8 Å². The van der Waals surface area contributed by atoms with E-state index in [-0.39, 0.29) is 19.3 Å². The minimum absolute atomic E-state index is 0.0397. The van der Waals surface area contributed by atoms with E-state index in [0.29, 0.717) is 0 Å². The third kappa shape index (κ3) is 4.39. The van der Waals surface area contributed by atoms with E-state index in [2.05, 4.69) is 29.6 Å². The maximum Gasteiger partial charge on any atom is 0.0633 e. The van der Waals surface area contributed by atoms with Crippen LogP contribution in [0.2, 0.25) is 0 Å². The Balaban J connectivity index is 2.23. The van der Waals surface area contributed by atoms with Gasteiger partial charge in [0, 0.05) is 6.04 Å². The van der Waals surface area contributed by atoms with Crippen molar-refractivity contribution in [3.63, 3.8) is 0 Å². The summed E-state index contributed by atoms with van der Waals surface area (Å²) in [6.45, 7) is 1.61. The highest BCUT2D eigenvalue weighted by Gasteiger charge is 2.26. The summed E-state index contributed by atoms with van der Waals surface area (Å²) >= 11 is 0. The van der Waals surface area contributed by atoms with Crippen LogP contribution in [-0.2, 0) is 6.42 Å². The molecule has 0 heterocycles. The van der Waals surface area contributed by atoms with Crippen LogP contribution in [0.1, 0.15) is 24.1 Å². The molecule has 0 saturated carbocycles. The van der Waals surface area contributed by atoms with Gasteiger partial charge >= 0.3 is 0 Å². The van der Waals surface area contributed by atoms with Gasteiger partial charge in [-0.25, -0.2) is 0 Å². The summed E-state index contributed by atoms with van der Waals surface area (Å²) in [6.07, 6.45) is 0.806. The average molecular weight is 285 g/mol. The Morgan fingerprint density at radius 2 is 1.43 bits per heavy atom. The number of benzene rings is 2. The molecule has 21 heavy (non-hydrogen) atoms. The molecular formula is C18H23NO2. The molecule has 0 radical (unpaired) electrons. The van der Waals surface area contributed by atoms with Crippen LogP contribution >= 0.6 is 0 Å². The predicted octanol–water partition coefficient (Wildman–Crippen LogP) is 2.30. The minimum atomic E-state index is -0.699. The molecule has 0 aromatic heterocycles. The van der Waals surface area contributed by atoms with E-state index in [1.807, 2.05) is 43.3 Å². The number of hydrogen-bond donors (Lipinski definition) is 3. The Kier molecular flexibility index (Phi) is 5.51. The fourth-order valence-electron chi connectivity index (χ4n) is 2.35. The normalized spacial score (nSPS) is 13.1. The first-order valence-electron chi connectivity index (χ1n) is 7.25. The van der Waals surface area contributed by atoms with Gasteiger partial charge < -0.3 is 15.5 Å². The summed E-state index contributed by atoms with van der Waals surface area (Å²) in [6, 6.07) is 20.4. The van der Waals surface area contributed by atoms with E-state index in [1.54, 1.807) is 0 Å². The van der Waals surface area contributed by atoms with Gasteiger partial charge in [0.15, 0.2) is 0 Å². The Bertz CT molecular complexity index is 523. The zero-order valence-corrected chi connectivity index (χ0v) is 12.4. The van der Waals surface area contributed by atoms with Gasteiger partial charge in [-0.05, 0) is 24.5 Å². The topological polar surface area (TPSA) is 52.5 Å². The van der Waals surface area contributed by atoms with Gasteiger partial charge in [-0.15, -0.1) is 0 Å². The minimum Gasteiger partial charge on any atom is -0.394 e. The number of nitrogens with one attached hydrogen (secondary N) is 1. The van der Waals surface area contributed by atoms with Crippen molar-refractivity contribution in [3.05, 3.63) is 71.8 Å². The van der Waals surface area contributed by atoms with Crippen molar-refractivity contribution < 1.29 is 10.2 Å². The molecule has 0 aliphatic heterocycles. The molecule has 2 aromatic carbocycles. The van der Waals surface area contributed by atoms with E-state index in [0.717, 1.165) is 12.0 Å². The number of aliphatic hydroxyl groups is 2. The van der Waals surface area contributed by atoms with E-state index >= 15 is 0 Å². The second-order valence-corrected chi connectivity index (χ2v) is 5.67. The monoisotopic (exact) mass is 285 g/mol. The van der Waals surface area contributed by atoms with Crippen LogP contribution in [0.4, 0.5) is 0 Å². The SMILES string of the molecule is CC(CO)(CO)N[C@@H](Cc1ccccc1)c1ccccc1. The highest BCUT2D eigenvalue weighted by Crippen LogP contribution is 2.21. The van der Waals surface area contributed by atoms with Crippen LogP contribution in [0.25, 0.3) is 0 Å². The molecule has 2 rings (SSSR count). The maximum atomic E-state index is 9.52. The third-order valence-corrected chi connectivity index (χ3v) is 3.71. The molecule has 3 N–H and O–H groups in total. The smallest absolute Gasteiger partial charge is 0.0633 e. The van der Waals surface area contributed by atoms with Gasteiger partial charge in [0.25, 0.3) is 0 Å². The third-order valence-electron chi connectivity index (χ3n) is 3.71. The molecule has 0 saturated heterocycles. The summed E-state index contributed by atoms with van der Waals surface area (Å²) in [5, 5.41) is 22.4. The predicted molar refractivity (Wildman–Crippen MR) is 85.0 cm³/mol. The lowest BCUT2D eigenvalue weighted by molar-refractivity contribution is 0.0937. The van der Waals surface area contributed by atoms with Crippen molar-refractivity contribution >= 4 is 0 Å². The number of rotatable bonds is 7. The fraction of sp³-hybridized carbons (Fsp3) is 0.333. The summed E-state index contributed by atoms with van der Waals surface area (Å²) < 4.78 is 0. The van der Waals surface area contributed by atoms with E-state index in [1.165, 1.54) is 5.56 Å². The molecule has 0 aliphatic carbocycles. The van der Waals surface area contributed by atoms with E-state index < -0.39 is 5.54 Å². The van der Waals surface area contributed by atoms with Gasteiger partial charge in [0.2, 0.25) is 0 Å². The second-order valence-electron chi connectivity index (χ2n) is 5.67. The molecule has 0 bridgehead atoms. The van der Waals surface area contributed by atoms with Crippen molar-refractivity contribution in [2.45, 2.75) is 24.9 Å². The first-order chi connectivity index (χ1) is 10.2. The van der Waals surface area contributed by atoms with Crippen molar-refractivity contribution in [1.82, 2.24) is 5.32 Å². The largest absolute Gasteiger partial charge is 0.394 e. The summed E-state index contributed by atoms with van der Waals surface area (Å²) in [5.41, 5.74) is 1.67. The standard InChI is InChI=1S/C18H23NO2/c1-18(13-20,14-21)19-17(16-10-6-3-7-11-16)12-15-8-4-2-5-9-15/h2-11,17,19-21H,12-14H2,1H3/t17-/m0/s1. The van der Waals surface area contributed by atoms with Crippen LogP contribution in [-0.4, -0.2) is 29.0 Å².